The number of nitrogens with two attached hydrogens (primary N) is 1. The minimum Gasteiger partial charge on any atom is -0.494 e. The van der Waals surface area contributed by atoms with Crippen LogP contribution in [-0.2, 0) is 0 Å². The van der Waals surface area contributed by atoms with Gasteiger partial charge < -0.3 is 15.8 Å². The average molecular weight is 240 g/mol. The highest BCUT2D eigenvalue weighted by Crippen LogP contribution is 2.18. The minimum absolute atomic E-state index is 0.0541. The Morgan fingerprint density at radius 3 is 2.82 bits per heavy atom. The van der Waals surface area contributed by atoms with Gasteiger partial charge in [0, 0.05) is 18.2 Å². The first-order chi connectivity index (χ1) is 8.12. The topological polar surface area (TPSA) is 64.3 Å². The van der Waals surface area contributed by atoms with Crippen LogP contribution < -0.4 is 15.8 Å². The third-order valence-corrected chi connectivity index (χ3v) is 2.53. The molecule has 0 saturated heterocycles. The van der Waals surface area contributed by atoms with Gasteiger partial charge in [-0.25, -0.2) is 4.39 Å². The molecule has 1 unspecified atom stereocenters. The Morgan fingerprint density at radius 2 is 2.29 bits per heavy atom. The summed E-state index contributed by atoms with van der Waals surface area (Å²) in [5.41, 5.74) is 5.85. The van der Waals surface area contributed by atoms with Gasteiger partial charge in [-0.1, -0.05) is 6.92 Å². The van der Waals surface area contributed by atoms with E-state index in [9.17, 15) is 9.18 Å². The molecule has 0 spiro atoms. The van der Waals surface area contributed by atoms with E-state index in [1.165, 1.54) is 25.3 Å². The summed E-state index contributed by atoms with van der Waals surface area (Å²) in [6, 6.07) is 3.92. The molecule has 0 bridgehead atoms. The zero-order valence-corrected chi connectivity index (χ0v) is 10.00. The first kappa shape index (κ1) is 13.4. The van der Waals surface area contributed by atoms with Crippen LogP contribution in [0.3, 0.4) is 0 Å². The van der Waals surface area contributed by atoms with Crippen molar-refractivity contribution in [3.8, 4) is 5.75 Å². The number of nitrogens with one attached hydrogen (secondary N) is 1. The molecule has 4 nitrogen and oxygen atoms in total. The lowest BCUT2D eigenvalue weighted by molar-refractivity contribution is 0.0936. The van der Waals surface area contributed by atoms with Crippen molar-refractivity contribution in [1.29, 1.82) is 0 Å². The summed E-state index contributed by atoms with van der Waals surface area (Å²) in [5, 5.41) is 2.76. The molecule has 1 amide bonds. The lowest BCUT2D eigenvalue weighted by atomic mass is 10.1. The van der Waals surface area contributed by atoms with E-state index in [2.05, 4.69) is 5.32 Å². The summed E-state index contributed by atoms with van der Waals surface area (Å²) in [7, 11) is 1.36. The summed E-state index contributed by atoms with van der Waals surface area (Å²) in [6.07, 6.45) is 0.751. The van der Waals surface area contributed by atoms with Crippen molar-refractivity contribution in [3.63, 3.8) is 0 Å². The van der Waals surface area contributed by atoms with E-state index < -0.39 is 5.82 Å². The maximum Gasteiger partial charge on any atom is 0.251 e. The van der Waals surface area contributed by atoms with Crippen LogP contribution in [0.15, 0.2) is 18.2 Å². The van der Waals surface area contributed by atoms with Crippen LogP contribution in [0, 0.1) is 5.82 Å². The fourth-order valence-corrected chi connectivity index (χ4v) is 1.40. The third kappa shape index (κ3) is 3.42. The van der Waals surface area contributed by atoms with Crippen LogP contribution in [0.5, 0.6) is 5.75 Å². The van der Waals surface area contributed by atoms with Crippen molar-refractivity contribution in [1.82, 2.24) is 5.32 Å². The highest BCUT2D eigenvalue weighted by Gasteiger charge is 2.13. The molecule has 3 N–H and O–H groups in total. The number of methoxy groups -OCH3 is 1. The molecular weight excluding hydrogens is 223 g/mol. The first-order valence-electron chi connectivity index (χ1n) is 5.46. The zero-order chi connectivity index (χ0) is 12.8. The molecule has 5 heteroatoms. The average Bonchev–Trinajstić information content (AvgIpc) is 2.36. The number of halogens is 1. The van der Waals surface area contributed by atoms with Gasteiger partial charge in [0.15, 0.2) is 11.6 Å². The van der Waals surface area contributed by atoms with Crippen molar-refractivity contribution in [2.24, 2.45) is 5.73 Å². The lowest BCUT2D eigenvalue weighted by Gasteiger charge is -2.14. The fraction of sp³-hybridized carbons (Fsp3) is 0.417. The number of benzene rings is 1. The Morgan fingerprint density at radius 1 is 1.59 bits per heavy atom. The van der Waals surface area contributed by atoms with E-state index in [1.807, 2.05) is 6.92 Å². The van der Waals surface area contributed by atoms with Gasteiger partial charge in [0.1, 0.15) is 0 Å². The fourth-order valence-electron chi connectivity index (χ4n) is 1.40. The van der Waals surface area contributed by atoms with E-state index in [0.717, 1.165) is 6.42 Å². The molecule has 0 saturated carbocycles. The number of ether oxygens (including phenoxy) is 1. The number of carbonyl (C=O) groups excluding carboxylic acids is 1. The number of rotatable bonds is 5. The van der Waals surface area contributed by atoms with Crippen molar-refractivity contribution < 1.29 is 13.9 Å². The van der Waals surface area contributed by atoms with E-state index in [0.29, 0.717) is 12.1 Å². The van der Waals surface area contributed by atoms with Crippen molar-refractivity contribution in [3.05, 3.63) is 29.6 Å². The zero-order valence-electron chi connectivity index (χ0n) is 10.00. The maximum atomic E-state index is 13.2. The van der Waals surface area contributed by atoms with Crippen LogP contribution in [0.25, 0.3) is 0 Å². The van der Waals surface area contributed by atoms with Crippen LogP contribution in [0.1, 0.15) is 23.7 Å². The normalized spacial score (nSPS) is 12.0. The molecule has 17 heavy (non-hydrogen) atoms. The molecule has 1 aromatic carbocycles. The SMILES string of the molecule is CCC(CN)NC(=O)c1ccc(F)c(OC)c1. The van der Waals surface area contributed by atoms with E-state index >= 15 is 0 Å². The predicted molar refractivity (Wildman–Crippen MR) is 63.6 cm³/mol. The van der Waals surface area contributed by atoms with Gasteiger partial charge in [0.2, 0.25) is 0 Å². The van der Waals surface area contributed by atoms with Crippen LogP contribution >= 0.6 is 0 Å². The van der Waals surface area contributed by atoms with Gasteiger partial charge in [-0.15, -0.1) is 0 Å². The predicted octanol–water partition coefficient (Wildman–Crippen LogP) is 1.30. The Kier molecular flexibility index (Phi) is 4.90. The van der Waals surface area contributed by atoms with Gasteiger partial charge in [-0.05, 0) is 24.6 Å². The second-order valence-corrected chi connectivity index (χ2v) is 3.66. The van der Waals surface area contributed by atoms with E-state index in [-0.39, 0.29) is 17.7 Å². The summed E-state index contributed by atoms with van der Waals surface area (Å²) in [4.78, 5) is 11.8. The molecule has 0 aliphatic carbocycles. The standard InChI is InChI=1S/C12H17FN2O2/c1-3-9(7-14)15-12(16)8-4-5-10(13)11(6-8)17-2/h4-6,9H,3,7,14H2,1-2H3,(H,15,16). The summed E-state index contributed by atoms with van der Waals surface area (Å²) < 4.78 is 18.0. The largest absolute Gasteiger partial charge is 0.494 e. The number of hydrogen-bond acceptors (Lipinski definition) is 3. The second kappa shape index (κ2) is 6.20. The van der Waals surface area contributed by atoms with Crippen LogP contribution in [0.2, 0.25) is 0 Å². The van der Waals surface area contributed by atoms with Crippen LogP contribution in [0.4, 0.5) is 4.39 Å². The molecule has 0 radical (unpaired) electrons. The van der Waals surface area contributed by atoms with Gasteiger partial charge in [-0.3, -0.25) is 4.79 Å². The highest BCUT2D eigenvalue weighted by molar-refractivity contribution is 5.94. The Bertz CT molecular complexity index is 392. The van der Waals surface area contributed by atoms with Gasteiger partial charge in [0.25, 0.3) is 5.91 Å². The van der Waals surface area contributed by atoms with Crippen molar-refractivity contribution in [2.45, 2.75) is 19.4 Å². The molecule has 0 heterocycles. The summed E-state index contributed by atoms with van der Waals surface area (Å²) in [6.45, 7) is 2.31. The molecule has 0 fully saturated rings. The third-order valence-electron chi connectivity index (χ3n) is 2.53. The van der Waals surface area contributed by atoms with Gasteiger partial charge in [0.05, 0.1) is 7.11 Å². The van der Waals surface area contributed by atoms with Gasteiger partial charge in [-0.2, -0.15) is 0 Å². The molecular formula is C12H17FN2O2. The maximum absolute atomic E-state index is 13.2. The number of amides is 1. The monoisotopic (exact) mass is 240 g/mol. The molecule has 0 aromatic heterocycles. The van der Waals surface area contributed by atoms with Crippen molar-refractivity contribution >= 4 is 5.91 Å². The molecule has 1 atom stereocenters. The lowest BCUT2D eigenvalue weighted by Crippen LogP contribution is -2.39. The quantitative estimate of drug-likeness (QED) is 0.815. The van der Waals surface area contributed by atoms with E-state index in [1.54, 1.807) is 0 Å². The molecule has 94 valence electrons. The summed E-state index contributed by atoms with van der Waals surface area (Å²) >= 11 is 0. The molecule has 1 rings (SSSR count). The summed E-state index contributed by atoms with van der Waals surface area (Å²) in [5.74, 6) is -0.714. The van der Waals surface area contributed by atoms with E-state index in [4.69, 9.17) is 10.5 Å². The smallest absolute Gasteiger partial charge is 0.251 e. The molecule has 0 aliphatic heterocycles. The highest BCUT2D eigenvalue weighted by atomic mass is 19.1. The van der Waals surface area contributed by atoms with Gasteiger partial charge >= 0.3 is 0 Å². The minimum atomic E-state index is -0.491. The van der Waals surface area contributed by atoms with Crippen LogP contribution in [-0.4, -0.2) is 25.6 Å². The Balaban J connectivity index is 2.82. The number of hydrogen-bond donors (Lipinski definition) is 2. The Labute approximate surface area is 100.0 Å². The van der Waals surface area contributed by atoms with Crippen molar-refractivity contribution in [2.75, 3.05) is 13.7 Å². The second-order valence-electron chi connectivity index (χ2n) is 3.66. The number of carbonyl (C=O) groups is 1. The molecule has 1 aromatic rings. The Hall–Kier alpha value is -1.62. The first-order valence-corrected chi connectivity index (χ1v) is 5.46. The molecule has 0 aliphatic rings.